The van der Waals surface area contributed by atoms with E-state index < -0.39 is 0 Å². The number of nitrogens with two attached hydrogens (primary N) is 1. The van der Waals surface area contributed by atoms with Crippen LogP contribution in [0.1, 0.15) is 0 Å². The standard InChI is InChI=1S/C13H8ClFN4S/c14-9-5-18-13(16)19-11(9)10-6-17-12(20-10)7-2-1-3-8(15)4-7/h1-6H,(H2,16,18,19). The second kappa shape index (κ2) is 5.15. The molecule has 0 aliphatic heterocycles. The van der Waals surface area contributed by atoms with Gasteiger partial charge in [0.25, 0.3) is 0 Å². The molecule has 2 aromatic heterocycles. The van der Waals surface area contributed by atoms with Crippen molar-refractivity contribution in [3.05, 3.63) is 47.5 Å². The lowest BCUT2D eigenvalue weighted by Crippen LogP contribution is -1.95. The van der Waals surface area contributed by atoms with E-state index in [1.807, 2.05) is 0 Å². The first-order valence-corrected chi connectivity index (χ1v) is 6.83. The largest absolute Gasteiger partial charge is 0.368 e. The summed E-state index contributed by atoms with van der Waals surface area (Å²) in [5.41, 5.74) is 6.79. The minimum absolute atomic E-state index is 0.144. The van der Waals surface area contributed by atoms with Gasteiger partial charge in [0.1, 0.15) is 16.5 Å². The van der Waals surface area contributed by atoms with E-state index in [2.05, 4.69) is 15.0 Å². The van der Waals surface area contributed by atoms with E-state index in [-0.39, 0.29) is 11.8 Å². The van der Waals surface area contributed by atoms with E-state index in [4.69, 9.17) is 17.3 Å². The number of benzene rings is 1. The SMILES string of the molecule is Nc1ncc(Cl)c(-c2cnc(-c3cccc(F)c3)s2)n1. The van der Waals surface area contributed by atoms with Crippen LogP contribution in [0.4, 0.5) is 10.3 Å². The fourth-order valence-electron chi connectivity index (χ4n) is 1.69. The van der Waals surface area contributed by atoms with Crippen LogP contribution in [0.25, 0.3) is 21.1 Å². The van der Waals surface area contributed by atoms with Crippen LogP contribution in [0, 0.1) is 5.82 Å². The third-order valence-corrected chi connectivity index (χ3v) is 3.90. The maximum atomic E-state index is 13.2. The average Bonchev–Trinajstić information content (AvgIpc) is 2.91. The first-order valence-electron chi connectivity index (χ1n) is 5.63. The van der Waals surface area contributed by atoms with Crippen molar-refractivity contribution in [3.63, 3.8) is 0 Å². The third kappa shape index (κ3) is 2.48. The Bertz CT molecular complexity index is 775. The zero-order chi connectivity index (χ0) is 14.1. The molecule has 1 aromatic carbocycles. The first kappa shape index (κ1) is 13.0. The third-order valence-electron chi connectivity index (χ3n) is 2.57. The fraction of sp³-hybridized carbons (Fsp3) is 0. The van der Waals surface area contributed by atoms with Gasteiger partial charge >= 0.3 is 0 Å². The van der Waals surface area contributed by atoms with E-state index >= 15 is 0 Å². The van der Waals surface area contributed by atoms with Gasteiger partial charge in [0.05, 0.1) is 16.1 Å². The molecule has 100 valence electrons. The zero-order valence-corrected chi connectivity index (χ0v) is 11.6. The van der Waals surface area contributed by atoms with E-state index in [1.165, 1.54) is 29.7 Å². The predicted octanol–water partition coefficient (Wildman–Crippen LogP) is 3.64. The topological polar surface area (TPSA) is 64.7 Å². The van der Waals surface area contributed by atoms with Gasteiger partial charge in [-0.15, -0.1) is 11.3 Å². The number of rotatable bonds is 2. The second-order valence-electron chi connectivity index (χ2n) is 3.96. The Labute approximate surface area is 123 Å². The van der Waals surface area contributed by atoms with Crippen molar-refractivity contribution >= 4 is 28.9 Å². The van der Waals surface area contributed by atoms with Crippen LogP contribution in [0.2, 0.25) is 5.02 Å². The smallest absolute Gasteiger partial charge is 0.220 e. The summed E-state index contributed by atoms with van der Waals surface area (Å²) >= 11 is 7.41. The minimum atomic E-state index is -0.302. The number of hydrogen-bond donors (Lipinski definition) is 1. The normalized spacial score (nSPS) is 10.7. The summed E-state index contributed by atoms with van der Waals surface area (Å²) in [7, 11) is 0. The quantitative estimate of drug-likeness (QED) is 0.785. The highest BCUT2D eigenvalue weighted by molar-refractivity contribution is 7.18. The Morgan fingerprint density at radius 2 is 2.05 bits per heavy atom. The molecule has 0 bridgehead atoms. The monoisotopic (exact) mass is 306 g/mol. The highest BCUT2D eigenvalue weighted by Gasteiger charge is 2.12. The maximum Gasteiger partial charge on any atom is 0.220 e. The van der Waals surface area contributed by atoms with Gasteiger partial charge in [-0.1, -0.05) is 23.7 Å². The zero-order valence-electron chi connectivity index (χ0n) is 10.0. The molecule has 0 fully saturated rings. The number of nitrogen functional groups attached to an aromatic ring is 1. The summed E-state index contributed by atoms with van der Waals surface area (Å²) in [6.07, 6.45) is 3.08. The van der Waals surface area contributed by atoms with Crippen molar-refractivity contribution in [2.75, 3.05) is 5.73 Å². The average molecular weight is 307 g/mol. The summed E-state index contributed by atoms with van der Waals surface area (Å²) < 4.78 is 13.2. The summed E-state index contributed by atoms with van der Waals surface area (Å²) in [6.45, 7) is 0. The Morgan fingerprint density at radius 1 is 1.20 bits per heavy atom. The molecular weight excluding hydrogens is 299 g/mol. The summed E-state index contributed by atoms with van der Waals surface area (Å²) in [5.74, 6) is -0.159. The number of aromatic nitrogens is 3. The number of hydrogen-bond acceptors (Lipinski definition) is 5. The number of halogens is 2. The van der Waals surface area contributed by atoms with Gasteiger partial charge in [-0.2, -0.15) is 0 Å². The van der Waals surface area contributed by atoms with Gasteiger partial charge in [0.15, 0.2) is 0 Å². The van der Waals surface area contributed by atoms with E-state index in [9.17, 15) is 4.39 Å². The summed E-state index contributed by atoms with van der Waals surface area (Å²) in [6, 6.07) is 6.25. The Hall–Kier alpha value is -2.05. The van der Waals surface area contributed by atoms with Crippen LogP contribution in [-0.2, 0) is 0 Å². The highest BCUT2D eigenvalue weighted by Crippen LogP contribution is 2.34. The van der Waals surface area contributed by atoms with Crippen molar-refractivity contribution in [1.29, 1.82) is 0 Å². The highest BCUT2D eigenvalue weighted by atomic mass is 35.5. The molecule has 0 saturated heterocycles. The molecule has 3 rings (SSSR count). The Morgan fingerprint density at radius 3 is 2.85 bits per heavy atom. The lowest BCUT2D eigenvalue weighted by atomic mass is 10.2. The molecule has 0 aliphatic carbocycles. The van der Waals surface area contributed by atoms with Crippen molar-refractivity contribution in [1.82, 2.24) is 15.0 Å². The molecule has 2 N–H and O–H groups in total. The van der Waals surface area contributed by atoms with E-state index in [0.717, 1.165) is 4.88 Å². The van der Waals surface area contributed by atoms with Crippen molar-refractivity contribution in [3.8, 4) is 21.1 Å². The van der Waals surface area contributed by atoms with Crippen LogP contribution in [0.3, 0.4) is 0 Å². The van der Waals surface area contributed by atoms with E-state index in [1.54, 1.807) is 18.3 Å². The fourth-order valence-corrected chi connectivity index (χ4v) is 2.86. The molecule has 20 heavy (non-hydrogen) atoms. The Balaban J connectivity index is 2.04. The molecule has 3 aromatic rings. The Kier molecular flexibility index (Phi) is 3.33. The molecule has 0 atom stereocenters. The molecule has 0 unspecified atom stereocenters. The molecule has 0 radical (unpaired) electrons. The number of anilines is 1. The van der Waals surface area contributed by atoms with Gasteiger partial charge in [0.2, 0.25) is 5.95 Å². The molecule has 4 nitrogen and oxygen atoms in total. The van der Waals surface area contributed by atoms with Crippen LogP contribution >= 0.6 is 22.9 Å². The van der Waals surface area contributed by atoms with Gasteiger partial charge in [-0.3, -0.25) is 0 Å². The first-order chi connectivity index (χ1) is 9.63. The van der Waals surface area contributed by atoms with Crippen LogP contribution in [0.15, 0.2) is 36.7 Å². The number of nitrogens with zero attached hydrogens (tertiary/aromatic N) is 3. The summed E-state index contributed by atoms with van der Waals surface area (Å²) in [5, 5.41) is 1.08. The van der Waals surface area contributed by atoms with Gasteiger partial charge in [0, 0.05) is 11.8 Å². The molecule has 2 heterocycles. The van der Waals surface area contributed by atoms with Crippen LogP contribution < -0.4 is 5.73 Å². The number of thiazole rings is 1. The van der Waals surface area contributed by atoms with Crippen LogP contribution in [-0.4, -0.2) is 15.0 Å². The van der Waals surface area contributed by atoms with Crippen LogP contribution in [0.5, 0.6) is 0 Å². The van der Waals surface area contributed by atoms with Gasteiger partial charge in [-0.25, -0.2) is 19.3 Å². The second-order valence-corrected chi connectivity index (χ2v) is 5.40. The van der Waals surface area contributed by atoms with Crippen molar-refractivity contribution in [2.45, 2.75) is 0 Å². The lowest BCUT2D eigenvalue weighted by molar-refractivity contribution is 0.628. The molecular formula is C13H8ClFN4S. The molecule has 7 heteroatoms. The summed E-state index contributed by atoms with van der Waals surface area (Å²) in [4.78, 5) is 12.9. The van der Waals surface area contributed by atoms with Crippen molar-refractivity contribution < 1.29 is 4.39 Å². The maximum absolute atomic E-state index is 13.2. The minimum Gasteiger partial charge on any atom is -0.368 e. The molecule has 0 amide bonds. The molecule has 0 aliphatic rings. The van der Waals surface area contributed by atoms with Gasteiger partial charge < -0.3 is 5.73 Å². The molecule has 0 spiro atoms. The van der Waals surface area contributed by atoms with E-state index in [0.29, 0.717) is 21.3 Å². The van der Waals surface area contributed by atoms with Gasteiger partial charge in [-0.05, 0) is 12.1 Å². The van der Waals surface area contributed by atoms with Crippen molar-refractivity contribution in [2.24, 2.45) is 0 Å². The molecule has 0 saturated carbocycles. The predicted molar refractivity (Wildman–Crippen MR) is 78.0 cm³/mol. The lowest BCUT2D eigenvalue weighted by Gasteiger charge is -2.00.